The average molecular weight is 430 g/mol. The van der Waals surface area contributed by atoms with Crippen molar-refractivity contribution in [1.82, 2.24) is 4.98 Å². The van der Waals surface area contributed by atoms with Crippen LogP contribution in [0.2, 0.25) is 10.0 Å². The number of halogens is 2. The first-order valence-corrected chi connectivity index (χ1v) is 9.85. The van der Waals surface area contributed by atoms with E-state index >= 15 is 0 Å². The summed E-state index contributed by atoms with van der Waals surface area (Å²) in [5.74, 6) is -0.0534. The maximum absolute atomic E-state index is 12.1. The molecule has 0 saturated heterocycles. The minimum absolute atomic E-state index is 0.254. The zero-order chi connectivity index (χ0) is 19.5. The fourth-order valence-corrected chi connectivity index (χ4v) is 3.60. The summed E-state index contributed by atoms with van der Waals surface area (Å²) in [4.78, 5) is 16.7. The van der Waals surface area contributed by atoms with Crippen molar-refractivity contribution >= 4 is 57.0 Å². The molecule has 0 aliphatic rings. The van der Waals surface area contributed by atoms with Gasteiger partial charge >= 0.3 is 0 Å². The van der Waals surface area contributed by atoms with Gasteiger partial charge in [-0.15, -0.1) is 11.3 Å². The molecular formula is C20H13Cl2N3O2S. The van der Waals surface area contributed by atoms with Crippen LogP contribution in [0.15, 0.2) is 70.7 Å². The van der Waals surface area contributed by atoms with Crippen molar-refractivity contribution in [2.45, 2.75) is 0 Å². The van der Waals surface area contributed by atoms with Crippen LogP contribution in [-0.4, -0.2) is 10.9 Å². The molecule has 4 aromatic rings. The highest BCUT2D eigenvalue weighted by atomic mass is 35.5. The van der Waals surface area contributed by atoms with Crippen LogP contribution in [0.4, 0.5) is 16.5 Å². The number of carbonyl (C=O) groups is 1. The van der Waals surface area contributed by atoms with Crippen LogP contribution in [0, 0.1) is 0 Å². The van der Waals surface area contributed by atoms with Gasteiger partial charge in [-0.05, 0) is 42.5 Å². The van der Waals surface area contributed by atoms with Crippen LogP contribution in [-0.2, 0) is 0 Å². The highest BCUT2D eigenvalue weighted by Crippen LogP contribution is 2.32. The number of furan rings is 1. The van der Waals surface area contributed by atoms with Gasteiger partial charge in [-0.25, -0.2) is 4.98 Å². The van der Waals surface area contributed by atoms with Crippen molar-refractivity contribution in [2.75, 3.05) is 10.6 Å². The predicted octanol–water partition coefficient (Wildman–Crippen LogP) is 6.71. The SMILES string of the molecule is O=C(Nc1cccc(-c2csc(Nc3cc(Cl)ccc3Cl)n2)c1)c1ccco1. The largest absolute Gasteiger partial charge is 0.459 e. The van der Waals surface area contributed by atoms with E-state index in [-0.39, 0.29) is 11.7 Å². The molecule has 140 valence electrons. The lowest BCUT2D eigenvalue weighted by molar-refractivity contribution is 0.0996. The number of hydrogen-bond donors (Lipinski definition) is 2. The molecule has 2 aromatic carbocycles. The monoisotopic (exact) mass is 429 g/mol. The summed E-state index contributed by atoms with van der Waals surface area (Å²) in [6, 6.07) is 15.9. The lowest BCUT2D eigenvalue weighted by Gasteiger charge is -2.06. The lowest BCUT2D eigenvalue weighted by atomic mass is 10.1. The number of nitrogens with one attached hydrogen (secondary N) is 2. The fourth-order valence-electron chi connectivity index (χ4n) is 2.53. The summed E-state index contributed by atoms with van der Waals surface area (Å²) in [6.45, 7) is 0. The molecule has 1 amide bonds. The van der Waals surface area contributed by atoms with Crippen molar-refractivity contribution < 1.29 is 9.21 Å². The minimum Gasteiger partial charge on any atom is -0.459 e. The third kappa shape index (κ3) is 4.20. The molecule has 2 N–H and O–H groups in total. The van der Waals surface area contributed by atoms with Gasteiger partial charge < -0.3 is 15.1 Å². The molecule has 4 rings (SSSR count). The Kier molecular flexibility index (Phi) is 5.34. The first kappa shape index (κ1) is 18.6. The molecule has 0 atom stereocenters. The van der Waals surface area contributed by atoms with Crippen molar-refractivity contribution in [1.29, 1.82) is 0 Å². The maximum Gasteiger partial charge on any atom is 0.291 e. The number of aromatic nitrogens is 1. The minimum atomic E-state index is -0.307. The Labute approximate surface area is 174 Å². The summed E-state index contributed by atoms with van der Waals surface area (Å²) in [5, 5.41) is 9.74. The van der Waals surface area contributed by atoms with Gasteiger partial charge in [0, 0.05) is 21.7 Å². The van der Waals surface area contributed by atoms with Crippen molar-refractivity contribution in [3.8, 4) is 11.3 Å². The van der Waals surface area contributed by atoms with Crippen molar-refractivity contribution in [3.63, 3.8) is 0 Å². The van der Waals surface area contributed by atoms with E-state index in [2.05, 4.69) is 15.6 Å². The zero-order valence-electron chi connectivity index (χ0n) is 14.3. The van der Waals surface area contributed by atoms with E-state index in [4.69, 9.17) is 27.6 Å². The van der Waals surface area contributed by atoms with E-state index in [1.54, 1.807) is 30.3 Å². The number of nitrogens with zero attached hydrogens (tertiary/aromatic N) is 1. The summed E-state index contributed by atoms with van der Waals surface area (Å²) in [5.41, 5.74) is 2.99. The molecule has 0 spiro atoms. The second kappa shape index (κ2) is 8.06. The number of amides is 1. The van der Waals surface area contributed by atoms with E-state index < -0.39 is 0 Å². The number of anilines is 3. The van der Waals surface area contributed by atoms with Crippen LogP contribution in [0.25, 0.3) is 11.3 Å². The Morgan fingerprint density at radius 1 is 1.07 bits per heavy atom. The van der Waals surface area contributed by atoms with Crippen LogP contribution in [0.1, 0.15) is 10.6 Å². The van der Waals surface area contributed by atoms with E-state index in [0.29, 0.717) is 26.6 Å². The lowest BCUT2D eigenvalue weighted by Crippen LogP contribution is -2.10. The molecule has 8 heteroatoms. The van der Waals surface area contributed by atoms with Gasteiger partial charge in [0.05, 0.1) is 22.7 Å². The third-order valence-electron chi connectivity index (χ3n) is 3.84. The molecule has 2 heterocycles. The van der Waals surface area contributed by atoms with E-state index in [1.807, 2.05) is 29.6 Å². The summed E-state index contributed by atoms with van der Waals surface area (Å²) < 4.78 is 5.11. The molecule has 2 aromatic heterocycles. The number of thiazole rings is 1. The second-order valence-electron chi connectivity index (χ2n) is 5.80. The van der Waals surface area contributed by atoms with Gasteiger partial charge in [0.25, 0.3) is 5.91 Å². The number of benzene rings is 2. The molecule has 0 saturated carbocycles. The predicted molar refractivity (Wildman–Crippen MR) is 114 cm³/mol. The molecular weight excluding hydrogens is 417 g/mol. The summed E-state index contributed by atoms with van der Waals surface area (Å²) in [7, 11) is 0. The van der Waals surface area contributed by atoms with E-state index in [0.717, 1.165) is 11.3 Å². The van der Waals surface area contributed by atoms with Gasteiger partial charge in [0.1, 0.15) is 0 Å². The first-order chi connectivity index (χ1) is 13.6. The van der Waals surface area contributed by atoms with Crippen LogP contribution >= 0.6 is 34.5 Å². The Hall–Kier alpha value is -2.80. The zero-order valence-corrected chi connectivity index (χ0v) is 16.6. The van der Waals surface area contributed by atoms with Gasteiger partial charge in [-0.1, -0.05) is 35.3 Å². The van der Waals surface area contributed by atoms with Gasteiger partial charge in [0.15, 0.2) is 10.9 Å². The van der Waals surface area contributed by atoms with Gasteiger partial charge in [-0.2, -0.15) is 0 Å². The second-order valence-corrected chi connectivity index (χ2v) is 7.50. The Morgan fingerprint density at radius 3 is 2.79 bits per heavy atom. The van der Waals surface area contributed by atoms with E-state index in [9.17, 15) is 4.79 Å². The highest BCUT2D eigenvalue weighted by Gasteiger charge is 2.11. The van der Waals surface area contributed by atoms with Crippen molar-refractivity contribution in [3.05, 3.63) is 82.0 Å². The first-order valence-electron chi connectivity index (χ1n) is 8.21. The Bertz CT molecular complexity index is 1130. The molecule has 0 fully saturated rings. The van der Waals surface area contributed by atoms with Crippen molar-refractivity contribution in [2.24, 2.45) is 0 Å². The quantitative estimate of drug-likeness (QED) is 0.370. The normalized spacial score (nSPS) is 10.6. The Balaban J connectivity index is 1.52. The van der Waals surface area contributed by atoms with Gasteiger partial charge in [0.2, 0.25) is 0 Å². The topological polar surface area (TPSA) is 67.2 Å². The summed E-state index contributed by atoms with van der Waals surface area (Å²) in [6.07, 6.45) is 1.46. The Morgan fingerprint density at radius 2 is 1.96 bits per heavy atom. The highest BCUT2D eigenvalue weighted by molar-refractivity contribution is 7.14. The molecule has 0 aliphatic heterocycles. The number of carbonyl (C=O) groups excluding carboxylic acids is 1. The smallest absolute Gasteiger partial charge is 0.291 e. The standard InChI is InChI=1S/C20H13Cl2N3O2S/c21-13-6-7-15(22)16(10-13)24-20-25-17(11-28-20)12-3-1-4-14(9-12)23-19(26)18-5-2-8-27-18/h1-11H,(H,23,26)(H,24,25). The summed E-state index contributed by atoms with van der Waals surface area (Å²) >= 11 is 13.7. The number of hydrogen-bond acceptors (Lipinski definition) is 5. The fraction of sp³-hybridized carbons (Fsp3) is 0. The van der Waals surface area contributed by atoms with Crippen LogP contribution < -0.4 is 10.6 Å². The molecule has 28 heavy (non-hydrogen) atoms. The van der Waals surface area contributed by atoms with E-state index in [1.165, 1.54) is 17.6 Å². The molecule has 0 bridgehead atoms. The molecule has 5 nitrogen and oxygen atoms in total. The molecule has 0 radical (unpaired) electrons. The van der Waals surface area contributed by atoms with Crippen LogP contribution in [0.5, 0.6) is 0 Å². The van der Waals surface area contributed by atoms with Crippen LogP contribution in [0.3, 0.4) is 0 Å². The average Bonchev–Trinajstić information content (AvgIpc) is 3.37. The maximum atomic E-state index is 12.1. The molecule has 0 unspecified atom stereocenters. The number of rotatable bonds is 5. The van der Waals surface area contributed by atoms with Gasteiger partial charge in [-0.3, -0.25) is 4.79 Å². The third-order valence-corrected chi connectivity index (χ3v) is 5.16. The molecule has 0 aliphatic carbocycles.